The summed E-state index contributed by atoms with van der Waals surface area (Å²) in [6, 6.07) is 12.1. The van der Waals surface area contributed by atoms with Gasteiger partial charge in [0.2, 0.25) is 0 Å². The number of phenolic OH excluding ortho intramolecular Hbond substituents is 1. The summed E-state index contributed by atoms with van der Waals surface area (Å²) in [6.07, 6.45) is 2.68. The van der Waals surface area contributed by atoms with Crippen molar-refractivity contribution in [1.82, 2.24) is 0 Å². The van der Waals surface area contributed by atoms with E-state index in [9.17, 15) is 5.11 Å². The number of fused-ring (bicyclic) bond motifs is 2. The molecule has 0 aromatic heterocycles. The van der Waals surface area contributed by atoms with Crippen LogP contribution in [0.4, 0.5) is 0 Å². The van der Waals surface area contributed by atoms with Gasteiger partial charge >= 0.3 is 0 Å². The van der Waals surface area contributed by atoms with Gasteiger partial charge in [-0.1, -0.05) is 30.3 Å². The normalized spacial score (nSPS) is 24.0. The summed E-state index contributed by atoms with van der Waals surface area (Å²) in [7, 11) is 0. The van der Waals surface area contributed by atoms with Crippen LogP contribution in [-0.4, -0.2) is 11.2 Å². The first-order valence-electron chi connectivity index (χ1n) is 6.17. The van der Waals surface area contributed by atoms with Crippen LogP contribution in [0.3, 0.4) is 0 Å². The van der Waals surface area contributed by atoms with E-state index in [4.69, 9.17) is 4.74 Å². The van der Waals surface area contributed by atoms with Crippen molar-refractivity contribution in [2.24, 2.45) is 0 Å². The molecule has 1 aliphatic carbocycles. The van der Waals surface area contributed by atoms with Crippen molar-refractivity contribution in [2.45, 2.75) is 12.2 Å². The minimum atomic E-state index is 0.231. The van der Waals surface area contributed by atoms with E-state index in [2.05, 4.69) is 24.3 Å². The minimum absolute atomic E-state index is 0.231. The highest BCUT2D eigenvalue weighted by Crippen LogP contribution is 2.46. The molecule has 2 aliphatic rings. The summed E-state index contributed by atoms with van der Waals surface area (Å²) >= 11 is 0. The van der Waals surface area contributed by atoms with Crippen molar-refractivity contribution in [3.8, 4) is 5.75 Å². The predicted molar refractivity (Wildman–Crippen MR) is 70.4 cm³/mol. The summed E-state index contributed by atoms with van der Waals surface area (Å²) in [5.41, 5.74) is 1.27. The van der Waals surface area contributed by atoms with Gasteiger partial charge < -0.3 is 9.84 Å². The lowest BCUT2D eigenvalue weighted by molar-refractivity contribution is 0.401. The number of rotatable bonds is 0. The van der Waals surface area contributed by atoms with E-state index >= 15 is 0 Å². The van der Waals surface area contributed by atoms with E-state index < -0.39 is 0 Å². The molecule has 3 aromatic carbocycles. The highest BCUT2D eigenvalue weighted by molar-refractivity contribution is 6.14. The maximum absolute atomic E-state index is 10.0. The number of aromatic hydroxyl groups is 1. The lowest BCUT2D eigenvalue weighted by Crippen LogP contribution is -2.10. The molecule has 18 heavy (non-hydrogen) atoms. The summed E-state index contributed by atoms with van der Waals surface area (Å²) in [6.45, 7) is 0. The molecule has 1 heterocycles. The lowest BCUT2D eigenvalue weighted by atomic mass is 9.90. The molecule has 1 N–H and O–H groups in total. The summed E-state index contributed by atoms with van der Waals surface area (Å²) < 4.78 is 5.67. The molecule has 0 saturated carbocycles. The Morgan fingerprint density at radius 2 is 1.83 bits per heavy atom. The summed E-state index contributed by atoms with van der Waals surface area (Å²) in [5, 5.41) is 15.8. The van der Waals surface area contributed by atoms with E-state index in [-0.39, 0.29) is 12.2 Å². The molecule has 5 rings (SSSR count). The second kappa shape index (κ2) is 2.68. The van der Waals surface area contributed by atoms with E-state index in [1.54, 1.807) is 6.07 Å². The van der Waals surface area contributed by atoms with Crippen LogP contribution in [0.15, 0.2) is 36.4 Å². The van der Waals surface area contributed by atoms with Gasteiger partial charge in [-0.25, -0.2) is 0 Å². The zero-order valence-corrected chi connectivity index (χ0v) is 9.55. The number of hydrogen-bond donors (Lipinski definition) is 1. The zero-order chi connectivity index (χ0) is 11.9. The van der Waals surface area contributed by atoms with Crippen LogP contribution in [0.25, 0.3) is 27.6 Å². The third-order valence-corrected chi connectivity index (χ3v) is 4.13. The first-order chi connectivity index (χ1) is 8.83. The Kier molecular flexibility index (Phi) is 1.33. The van der Waals surface area contributed by atoms with E-state index in [1.165, 1.54) is 21.6 Å². The maximum Gasteiger partial charge on any atom is 0.123 e. The van der Waals surface area contributed by atoms with Crippen LogP contribution in [-0.2, 0) is 4.74 Å². The van der Waals surface area contributed by atoms with E-state index in [0.717, 1.165) is 10.8 Å². The lowest BCUT2D eigenvalue weighted by Gasteiger charge is -2.13. The van der Waals surface area contributed by atoms with E-state index in [0.29, 0.717) is 5.75 Å². The molecule has 2 atom stereocenters. The summed E-state index contributed by atoms with van der Waals surface area (Å²) in [5.74, 6) is 0.352. The van der Waals surface area contributed by atoms with Gasteiger partial charge in [0.25, 0.3) is 0 Å². The quantitative estimate of drug-likeness (QED) is 0.606. The molecule has 3 aromatic rings. The van der Waals surface area contributed by atoms with Crippen molar-refractivity contribution in [1.29, 1.82) is 0 Å². The number of benzene rings is 3. The van der Waals surface area contributed by atoms with Crippen LogP contribution in [0, 0.1) is 0 Å². The van der Waals surface area contributed by atoms with Crippen molar-refractivity contribution in [3.05, 3.63) is 47.2 Å². The fraction of sp³-hybridized carbons (Fsp3) is 0.125. The number of epoxide rings is 1. The molecule has 0 spiro atoms. The SMILES string of the molecule is Oc1ccc2ccc3c4c(ccc1c24)C1OC1C=3. The maximum atomic E-state index is 10.0. The molecule has 2 unspecified atom stereocenters. The standard InChI is InChI=1S/C16H10O2/c17-12-6-3-8-1-2-9-7-13-16(18-13)11-5-4-10(12)14(8)15(9)11/h1-7,13,16-17H. The van der Waals surface area contributed by atoms with Crippen LogP contribution in [0.5, 0.6) is 5.75 Å². The highest BCUT2D eigenvalue weighted by Gasteiger charge is 2.41. The first-order valence-corrected chi connectivity index (χ1v) is 6.17. The zero-order valence-electron chi connectivity index (χ0n) is 9.55. The van der Waals surface area contributed by atoms with Crippen LogP contribution < -0.4 is 5.22 Å². The van der Waals surface area contributed by atoms with Gasteiger partial charge in [-0.05, 0) is 33.7 Å². The fourth-order valence-corrected chi connectivity index (χ4v) is 3.24. The largest absolute Gasteiger partial charge is 0.507 e. The molecule has 0 amide bonds. The number of phenols is 1. The van der Waals surface area contributed by atoms with Gasteiger partial charge in [0, 0.05) is 10.8 Å². The average molecular weight is 234 g/mol. The second-order valence-electron chi connectivity index (χ2n) is 5.10. The summed E-state index contributed by atoms with van der Waals surface area (Å²) in [4.78, 5) is 0. The van der Waals surface area contributed by atoms with Crippen LogP contribution in [0.1, 0.15) is 11.7 Å². The van der Waals surface area contributed by atoms with Gasteiger partial charge in [-0.2, -0.15) is 0 Å². The minimum Gasteiger partial charge on any atom is -0.507 e. The second-order valence-corrected chi connectivity index (χ2v) is 5.10. The van der Waals surface area contributed by atoms with Gasteiger partial charge in [-0.15, -0.1) is 0 Å². The number of hydrogen-bond acceptors (Lipinski definition) is 2. The van der Waals surface area contributed by atoms with Gasteiger partial charge in [-0.3, -0.25) is 0 Å². The molecular formula is C16H10O2. The Hall–Kier alpha value is -2.06. The molecule has 0 radical (unpaired) electrons. The Bertz CT molecular complexity index is 879. The molecule has 1 aliphatic heterocycles. The highest BCUT2D eigenvalue weighted by atomic mass is 16.6. The Balaban J connectivity index is 2.17. The Morgan fingerprint density at radius 1 is 0.944 bits per heavy atom. The van der Waals surface area contributed by atoms with Crippen molar-refractivity contribution < 1.29 is 9.84 Å². The van der Waals surface area contributed by atoms with Crippen molar-refractivity contribution >= 4 is 27.6 Å². The molecule has 1 saturated heterocycles. The van der Waals surface area contributed by atoms with E-state index in [1.807, 2.05) is 12.1 Å². The smallest absolute Gasteiger partial charge is 0.123 e. The Labute approximate surface area is 103 Å². The third-order valence-electron chi connectivity index (χ3n) is 4.13. The van der Waals surface area contributed by atoms with Crippen molar-refractivity contribution in [3.63, 3.8) is 0 Å². The molecule has 2 nitrogen and oxygen atoms in total. The van der Waals surface area contributed by atoms with Crippen LogP contribution >= 0.6 is 0 Å². The van der Waals surface area contributed by atoms with Gasteiger partial charge in [0.1, 0.15) is 18.0 Å². The fourth-order valence-electron chi connectivity index (χ4n) is 3.24. The predicted octanol–water partition coefficient (Wildman–Crippen LogP) is 2.65. The van der Waals surface area contributed by atoms with Crippen LogP contribution in [0.2, 0.25) is 0 Å². The third kappa shape index (κ3) is 0.900. The monoisotopic (exact) mass is 234 g/mol. The van der Waals surface area contributed by atoms with Gasteiger partial charge in [0.05, 0.1) is 0 Å². The first kappa shape index (κ1) is 8.95. The number of ether oxygens (including phenoxy) is 1. The molecule has 86 valence electrons. The van der Waals surface area contributed by atoms with Gasteiger partial charge in [0.15, 0.2) is 0 Å². The Morgan fingerprint density at radius 3 is 2.78 bits per heavy atom. The molecule has 0 bridgehead atoms. The average Bonchev–Trinajstić information content (AvgIpc) is 3.16. The van der Waals surface area contributed by atoms with Crippen molar-refractivity contribution in [2.75, 3.05) is 0 Å². The molecule has 1 fully saturated rings. The molecular weight excluding hydrogens is 224 g/mol. The molecule has 2 heteroatoms. The topological polar surface area (TPSA) is 32.8 Å².